The number of hydrogen-bond donors (Lipinski definition) is 1. The zero-order valence-corrected chi connectivity index (χ0v) is 10.2. The van der Waals surface area contributed by atoms with Gasteiger partial charge in [-0.1, -0.05) is 19.8 Å². The molecule has 0 bridgehead atoms. The van der Waals surface area contributed by atoms with Gasteiger partial charge in [-0.15, -0.1) is 0 Å². The second-order valence-corrected chi connectivity index (χ2v) is 4.79. The Hall–Kier alpha value is -0.610. The minimum absolute atomic E-state index is 0.115. The van der Waals surface area contributed by atoms with Gasteiger partial charge in [0, 0.05) is 39.3 Å². The second kappa shape index (κ2) is 5.64. The first-order valence-electron chi connectivity index (χ1n) is 6.56. The van der Waals surface area contributed by atoms with Gasteiger partial charge >= 0.3 is 0 Å². The Balaban J connectivity index is 1.85. The first-order chi connectivity index (χ1) is 7.83. The predicted molar refractivity (Wildman–Crippen MR) is 64.3 cm³/mol. The number of hydrogen-bond acceptors (Lipinski definition) is 3. The summed E-state index contributed by atoms with van der Waals surface area (Å²) < 4.78 is 0. The van der Waals surface area contributed by atoms with E-state index < -0.39 is 0 Å². The van der Waals surface area contributed by atoms with E-state index in [1.807, 2.05) is 0 Å². The van der Waals surface area contributed by atoms with Gasteiger partial charge in [-0.25, -0.2) is 0 Å². The zero-order chi connectivity index (χ0) is 11.4. The van der Waals surface area contributed by atoms with Crippen LogP contribution in [0.25, 0.3) is 0 Å². The number of rotatable bonds is 4. The van der Waals surface area contributed by atoms with Crippen molar-refractivity contribution < 1.29 is 4.79 Å². The molecule has 0 radical (unpaired) electrons. The Morgan fingerprint density at radius 1 is 1.31 bits per heavy atom. The van der Waals surface area contributed by atoms with E-state index in [1.54, 1.807) is 0 Å². The highest BCUT2D eigenvalue weighted by Crippen LogP contribution is 2.13. The molecule has 2 fully saturated rings. The molecule has 1 amide bonds. The molecule has 0 aliphatic carbocycles. The molecule has 1 N–H and O–H groups in total. The normalized spacial score (nSPS) is 26.9. The van der Waals surface area contributed by atoms with E-state index in [-0.39, 0.29) is 6.04 Å². The molecule has 0 aromatic heterocycles. The van der Waals surface area contributed by atoms with Crippen molar-refractivity contribution in [1.82, 2.24) is 15.1 Å². The number of nitrogens with one attached hydrogen (secondary N) is 1. The number of amides is 1. The number of piperazine rings is 2. The summed E-state index contributed by atoms with van der Waals surface area (Å²) in [6.07, 6.45) is 3.61. The monoisotopic (exact) mass is 225 g/mol. The molecule has 1 unspecified atom stereocenters. The van der Waals surface area contributed by atoms with Crippen LogP contribution in [0, 0.1) is 0 Å². The van der Waals surface area contributed by atoms with Crippen molar-refractivity contribution >= 4 is 5.91 Å². The van der Waals surface area contributed by atoms with Gasteiger partial charge in [-0.05, 0) is 6.42 Å². The molecule has 0 aromatic carbocycles. The third-order valence-electron chi connectivity index (χ3n) is 3.64. The third-order valence-corrected chi connectivity index (χ3v) is 3.64. The van der Waals surface area contributed by atoms with Crippen LogP contribution in [0.15, 0.2) is 0 Å². The maximum atomic E-state index is 12.2. The molecular formula is C12H23N3O. The third kappa shape index (κ3) is 2.55. The van der Waals surface area contributed by atoms with Crippen LogP contribution in [-0.4, -0.2) is 61.0 Å². The molecule has 1 atom stereocenters. The molecule has 4 nitrogen and oxygen atoms in total. The Bertz CT molecular complexity index is 242. The van der Waals surface area contributed by atoms with E-state index in [4.69, 9.17) is 0 Å². The fraction of sp³-hybridized carbons (Fsp3) is 0.917. The minimum Gasteiger partial charge on any atom is -0.340 e. The topological polar surface area (TPSA) is 35.6 Å². The summed E-state index contributed by atoms with van der Waals surface area (Å²) in [5.41, 5.74) is 0. The van der Waals surface area contributed by atoms with Crippen LogP contribution in [-0.2, 0) is 4.79 Å². The second-order valence-electron chi connectivity index (χ2n) is 4.79. The lowest BCUT2D eigenvalue weighted by Gasteiger charge is -2.43. The predicted octanol–water partition coefficient (Wildman–Crippen LogP) is 0.293. The highest BCUT2D eigenvalue weighted by atomic mass is 16.2. The number of nitrogens with zero attached hydrogens (tertiary/aromatic N) is 2. The largest absolute Gasteiger partial charge is 0.340 e. The van der Waals surface area contributed by atoms with E-state index in [0.717, 1.165) is 45.7 Å². The molecule has 2 aliphatic heterocycles. The van der Waals surface area contributed by atoms with Crippen LogP contribution in [0.5, 0.6) is 0 Å². The number of carbonyl (C=O) groups is 1. The SMILES string of the molecule is CCCCCN1CCN2CCNCC2C1=O. The Morgan fingerprint density at radius 3 is 3.00 bits per heavy atom. The smallest absolute Gasteiger partial charge is 0.241 e. The molecule has 92 valence electrons. The van der Waals surface area contributed by atoms with Crippen LogP contribution in [0.4, 0.5) is 0 Å². The van der Waals surface area contributed by atoms with Gasteiger partial charge in [0.25, 0.3) is 0 Å². The van der Waals surface area contributed by atoms with E-state index in [2.05, 4.69) is 22.0 Å². The fourth-order valence-electron chi connectivity index (χ4n) is 2.60. The molecule has 0 aromatic rings. The molecule has 0 spiro atoms. The van der Waals surface area contributed by atoms with Gasteiger partial charge < -0.3 is 10.2 Å². The van der Waals surface area contributed by atoms with Crippen molar-refractivity contribution in [2.75, 3.05) is 39.3 Å². The summed E-state index contributed by atoms with van der Waals surface area (Å²) in [4.78, 5) is 16.6. The number of carbonyl (C=O) groups excluding carboxylic acids is 1. The molecule has 2 saturated heterocycles. The number of fused-ring (bicyclic) bond motifs is 1. The van der Waals surface area contributed by atoms with Gasteiger partial charge in [0.2, 0.25) is 5.91 Å². The summed E-state index contributed by atoms with van der Waals surface area (Å²) in [6.45, 7) is 8.03. The molecule has 2 aliphatic rings. The fourth-order valence-corrected chi connectivity index (χ4v) is 2.60. The van der Waals surface area contributed by atoms with Gasteiger partial charge in [0.1, 0.15) is 6.04 Å². The molecule has 2 rings (SSSR count). The van der Waals surface area contributed by atoms with Crippen LogP contribution >= 0.6 is 0 Å². The standard InChI is InChI=1S/C12H23N3O/c1-2-3-4-6-15-9-8-14-7-5-13-10-11(14)12(15)16/h11,13H,2-10H2,1H3. The molecule has 0 saturated carbocycles. The zero-order valence-electron chi connectivity index (χ0n) is 10.2. The average Bonchev–Trinajstić information content (AvgIpc) is 2.33. The van der Waals surface area contributed by atoms with Crippen molar-refractivity contribution in [2.24, 2.45) is 0 Å². The number of unbranched alkanes of at least 4 members (excludes halogenated alkanes) is 2. The van der Waals surface area contributed by atoms with Crippen molar-refractivity contribution in [3.05, 3.63) is 0 Å². The maximum absolute atomic E-state index is 12.2. The lowest BCUT2D eigenvalue weighted by Crippen LogP contribution is -2.64. The van der Waals surface area contributed by atoms with Crippen molar-refractivity contribution in [1.29, 1.82) is 0 Å². The van der Waals surface area contributed by atoms with Crippen LogP contribution < -0.4 is 5.32 Å². The first-order valence-corrected chi connectivity index (χ1v) is 6.56. The van der Waals surface area contributed by atoms with E-state index in [9.17, 15) is 4.79 Å². The van der Waals surface area contributed by atoms with Crippen molar-refractivity contribution in [3.8, 4) is 0 Å². The summed E-state index contributed by atoms with van der Waals surface area (Å²) >= 11 is 0. The quantitative estimate of drug-likeness (QED) is 0.699. The summed E-state index contributed by atoms with van der Waals surface area (Å²) in [5, 5.41) is 3.31. The lowest BCUT2D eigenvalue weighted by molar-refractivity contribution is -0.142. The lowest BCUT2D eigenvalue weighted by atomic mass is 10.1. The van der Waals surface area contributed by atoms with Crippen LogP contribution in [0.2, 0.25) is 0 Å². The first kappa shape index (κ1) is 11.9. The summed E-state index contributed by atoms with van der Waals surface area (Å²) in [5.74, 6) is 0.342. The average molecular weight is 225 g/mol. The highest BCUT2D eigenvalue weighted by Gasteiger charge is 2.35. The van der Waals surface area contributed by atoms with Gasteiger partial charge in [-0.3, -0.25) is 9.69 Å². The molecule has 4 heteroatoms. The van der Waals surface area contributed by atoms with Crippen LogP contribution in [0.3, 0.4) is 0 Å². The highest BCUT2D eigenvalue weighted by molar-refractivity contribution is 5.83. The van der Waals surface area contributed by atoms with E-state index in [1.165, 1.54) is 12.8 Å². The van der Waals surface area contributed by atoms with Gasteiger partial charge in [-0.2, -0.15) is 0 Å². The summed E-state index contributed by atoms with van der Waals surface area (Å²) in [7, 11) is 0. The van der Waals surface area contributed by atoms with E-state index >= 15 is 0 Å². The summed E-state index contributed by atoms with van der Waals surface area (Å²) in [6, 6.07) is 0.115. The van der Waals surface area contributed by atoms with Crippen LogP contribution in [0.1, 0.15) is 26.2 Å². The van der Waals surface area contributed by atoms with Gasteiger partial charge in [0.15, 0.2) is 0 Å². The molecule has 2 heterocycles. The van der Waals surface area contributed by atoms with Crippen molar-refractivity contribution in [2.45, 2.75) is 32.2 Å². The Labute approximate surface area is 98.0 Å². The Morgan fingerprint density at radius 2 is 2.19 bits per heavy atom. The van der Waals surface area contributed by atoms with E-state index in [0.29, 0.717) is 5.91 Å². The minimum atomic E-state index is 0.115. The van der Waals surface area contributed by atoms with Crippen molar-refractivity contribution in [3.63, 3.8) is 0 Å². The molecular weight excluding hydrogens is 202 g/mol. The van der Waals surface area contributed by atoms with Gasteiger partial charge in [0.05, 0.1) is 0 Å². The maximum Gasteiger partial charge on any atom is 0.241 e. The Kier molecular flexibility index (Phi) is 4.18. The molecule has 16 heavy (non-hydrogen) atoms.